The van der Waals surface area contributed by atoms with E-state index < -0.39 is 22.3 Å². The molecular weight excluding hydrogens is 290 g/mol. The third-order valence-corrected chi connectivity index (χ3v) is 2.85. The van der Waals surface area contributed by atoms with Gasteiger partial charge in [-0.2, -0.15) is 5.26 Å². The number of ether oxygens (including phenoxy) is 1. The molecule has 0 spiro atoms. The van der Waals surface area contributed by atoms with Crippen LogP contribution in [0.4, 0.5) is 5.69 Å². The first kappa shape index (κ1) is 17.1. The molecule has 8 nitrogen and oxygen atoms in total. The molecule has 1 N–H and O–H groups in total. The van der Waals surface area contributed by atoms with Gasteiger partial charge in [0.15, 0.2) is 0 Å². The number of esters is 1. The molecule has 0 saturated heterocycles. The smallest absolute Gasteiger partial charge is 0.347 e. The summed E-state index contributed by atoms with van der Waals surface area (Å²) < 4.78 is 4.83. The molecule has 0 aliphatic heterocycles. The van der Waals surface area contributed by atoms with Gasteiger partial charge in [-0.05, 0) is 6.92 Å². The topological polar surface area (TPSA) is 122 Å². The molecule has 1 amide bonds. The Morgan fingerprint density at radius 2 is 2.09 bits per heavy atom. The van der Waals surface area contributed by atoms with Crippen LogP contribution in [0.5, 0.6) is 0 Å². The number of nitriles is 1. The lowest BCUT2D eigenvalue weighted by atomic mass is 9.91. The van der Waals surface area contributed by atoms with Crippen LogP contribution in [0.15, 0.2) is 24.3 Å². The van der Waals surface area contributed by atoms with Crippen molar-refractivity contribution in [2.75, 3.05) is 6.61 Å². The monoisotopic (exact) mass is 305 g/mol. The predicted octanol–water partition coefficient (Wildman–Crippen LogP) is 1.10. The fourth-order valence-corrected chi connectivity index (χ4v) is 1.96. The molecule has 1 rings (SSSR count). The summed E-state index contributed by atoms with van der Waals surface area (Å²) in [6, 6.07) is 7.41. The van der Waals surface area contributed by atoms with Crippen molar-refractivity contribution < 1.29 is 19.2 Å². The summed E-state index contributed by atoms with van der Waals surface area (Å²) in [5.41, 5.74) is -2.10. The fraction of sp³-hybridized carbons (Fsp3) is 0.357. The summed E-state index contributed by atoms with van der Waals surface area (Å²) in [6.45, 7) is 2.71. The molecule has 1 unspecified atom stereocenters. The molecule has 0 fully saturated rings. The Hall–Kier alpha value is -2.95. The van der Waals surface area contributed by atoms with Crippen molar-refractivity contribution in [2.24, 2.45) is 0 Å². The van der Waals surface area contributed by atoms with Crippen LogP contribution in [0.2, 0.25) is 0 Å². The number of nitrogens with one attached hydrogen (secondary N) is 1. The highest BCUT2D eigenvalue weighted by Crippen LogP contribution is 2.24. The van der Waals surface area contributed by atoms with Gasteiger partial charge in [0.25, 0.3) is 5.69 Å². The number of amides is 1. The van der Waals surface area contributed by atoms with Crippen LogP contribution in [0.1, 0.15) is 19.4 Å². The van der Waals surface area contributed by atoms with Crippen LogP contribution in [0, 0.1) is 21.4 Å². The van der Waals surface area contributed by atoms with Crippen molar-refractivity contribution in [1.82, 2.24) is 5.32 Å². The van der Waals surface area contributed by atoms with Gasteiger partial charge in [-0.15, -0.1) is 0 Å². The molecule has 0 aliphatic carbocycles. The van der Waals surface area contributed by atoms with Crippen LogP contribution in [0.3, 0.4) is 0 Å². The zero-order valence-electron chi connectivity index (χ0n) is 12.2. The van der Waals surface area contributed by atoms with Gasteiger partial charge in [-0.1, -0.05) is 18.2 Å². The van der Waals surface area contributed by atoms with Gasteiger partial charge in [0.1, 0.15) is 6.07 Å². The highest BCUT2D eigenvalue weighted by molar-refractivity contribution is 5.90. The number of para-hydroxylation sites is 1. The van der Waals surface area contributed by atoms with Gasteiger partial charge in [0, 0.05) is 25.0 Å². The maximum Gasteiger partial charge on any atom is 0.347 e. The van der Waals surface area contributed by atoms with Crippen LogP contribution < -0.4 is 5.32 Å². The average Bonchev–Trinajstić information content (AvgIpc) is 2.46. The summed E-state index contributed by atoms with van der Waals surface area (Å²) in [4.78, 5) is 33.8. The molecule has 0 saturated carbocycles. The lowest BCUT2D eigenvalue weighted by molar-refractivity contribution is -0.385. The number of carbonyl (C=O) groups excluding carboxylic acids is 2. The number of hydrogen-bond acceptors (Lipinski definition) is 6. The number of rotatable bonds is 6. The molecule has 22 heavy (non-hydrogen) atoms. The maximum atomic E-state index is 12.1. The molecule has 0 aromatic heterocycles. The Morgan fingerprint density at radius 1 is 1.45 bits per heavy atom. The van der Waals surface area contributed by atoms with Crippen molar-refractivity contribution in [3.05, 3.63) is 39.9 Å². The van der Waals surface area contributed by atoms with Gasteiger partial charge >= 0.3 is 5.97 Å². The summed E-state index contributed by atoms with van der Waals surface area (Å²) >= 11 is 0. The number of nitro groups is 1. The second-order valence-electron chi connectivity index (χ2n) is 4.48. The third kappa shape index (κ3) is 3.79. The van der Waals surface area contributed by atoms with E-state index in [2.05, 4.69) is 5.32 Å². The number of benzene rings is 1. The molecule has 0 aliphatic rings. The van der Waals surface area contributed by atoms with Gasteiger partial charge in [-0.25, -0.2) is 4.79 Å². The molecule has 0 bridgehead atoms. The summed E-state index contributed by atoms with van der Waals surface area (Å²) in [5, 5.41) is 22.7. The Labute approximate surface area is 126 Å². The van der Waals surface area contributed by atoms with Crippen LogP contribution in [0.25, 0.3) is 0 Å². The van der Waals surface area contributed by atoms with Crippen molar-refractivity contribution in [2.45, 2.75) is 25.8 Å². The summed E-state index contributed by atoms with van der Waals surface area (Å²) in [5.74, 6) is -1.57. The fourth-order valence-electron chi connectivity index (χ4n) is 1.96. The molecule has 8 heteroatoms. The molecular formula is C14H15N3O5. The van der Waals surface area contributed by atoms with E-state index in [-0.39, 0.29) is 24.3 Å². The number of hydrogen-bond donors (Lipinski definition) is 1. The normalized spacial score (nSPS) is 12.6. The Kier molecular flexibility index (Phi) is 5.57. The SMILES string of the molecule is CCOC(=O)C(C#N)(Cc1ccccc1[N+](=O)[O-])NC(C)=O. The number of nitrogens with zero attached hydrogens (tertiary/aromatic N) is 2. The lowest BCUT2D eigenvalue weighted by Gasteiger charge is -2.24. The van der Waals surface area contributed by atoms with Crippen LogP contribution >= 0.6 is 0 Å². The van der Waals surface area contributed by atoms with Crippen molar-refractivity contribution in [1.29, 1.82) is 5.26 Å². The van der Waals surface area contributed by atoms with Gasteiger partial charge in [0.05, 0.1) is 11.5 Å². The standard InChI is InChI=1S/C14H15N3O5/c1-3-22-13(19)14(9-15,16-10(2)18)8-11-6-4-5-7-12(11)17(20)21/h4-7H,3,8H2,1-2H3,(H,16,18). The Bertz CT molecular complexity index is 638. The molecule has 116 valence electrons. The average molecular weight is 305 g/mol. The predicted molar refractivity (Wildman–Crippen MR) is 75.6 cm³/mol. The number of carbonyl (C=O) groups is 2. The molecule has 0 heterocycles. The van der Waals surface area contributed by atoms with E-state index in [1.807, 2.05) is 0 Å². The van der Waals surface area contributed by atoms with Crippen molar-refractivity contribution in [3.63, 3.8) is 0 Å². The van der Waals surface area contributed by atoms with E-state index in [1.54, 1.807) is 19.1 Å². The Balaban J connectivity index is 3.30. The summed E-state index contributed by atoms with van der Waals surface area (Å²) in [7, 11) is 0. The maximum absolute atomic E-state index is 12.1. The van der Waals surface area contributed by atoms with Crippen LogP contribution in [-0.2, 0) is 20.7 Å². The second-order valence-corrected chi connectivity index (χ2v) is 4.48. The van der Waals surface area contributed by atoms with E-state index in [4.69, 9.17) is 4.74 Å². The summed E-state index contributed by atoms with van der Waals surface area (Å²) in [6.07, 6.45) is -0.362. The minimum absolute atomic E-state index is 0.0126. The van der Waals surface area contributed by atoms with E-state index >= 15 is 0 Å². The van der Waals surface area contributed by atoms with E-state index in [9.17, 15) is 25.0 Å². The molecule has 1 aromatic rings. The largest absolute Gasteiger partial charge is 0.463 e. The van der Waals surface area contributed by atoms with Crippen molar-refractivity contribution in [3.8, 4) is 6.07 Å². The molecule has 0 radical (unpaired) electrons. The van der Waals surface area contributed by atoms with Gasteiger partial charge in [0.2, 0.25) is 11.4 Å². The molecule has 1 atom stereocenters. The minimum Gasteiger partial charge on any atom is -0.463 e. The van der Waals surface area contributed by atoms with Gasteiger partial charge in [-0.3, -0.25) is 14.9 Å². The molecule has 1 aromatic carbocycles. The zero-order valence-corrected chi connectivity index (χ0v) is 12.2. The first-order valence-corrected chi connectivity index (χ1v) is 6.45. The van der Waals surface area contributed by atoms with Crippen LogP contribution in [-0.4, -0.2) is 28.9 Å². The quantitative estimate of drug-likeness (QED) is 0.477. The highest BCUT2D eigenvalue weighted by Gasteiger charge is 2.43. The Morgan fingerprint density at radius 3 is 2.59 bits per heavy atom. The first-order chi connectivity index (χ1) is 10.4. The van der Waals surface area contributed by atoms with Crippen molar-refractivity contribution >= 4 is 17.6 Å². The highest BCUT2D eigenvalue weighted by atomic mass is 16.6. The number of nitro benzene ring substituents is 1. The van der Waals surface area contributed by atoms with E-state index in [1.165, 1.54) is 18.2 Å². The van der Waals surface area contributed by atoms with E-state index in [0.29, 0.717) is 0 Å². The van der Waals surface area contributed by atoms with E-state index in [0.717, 1.165) is 6.92 Å². The van der Waals surface area contributed by atoms with Gasteiger partial charge < -0.3 is 10.1 Å². The zero-order chi connectivity index (χ0) is 16.8. The third-order valence-electron chi connectivity index (χ3n) is 2.85. The first-order valence-electron chi connectivity index (χ1n) is 6.45. The minimum atomic E-state index is -2.01. The lowest BCUT2D eigenvalue weighted by Crippen LogP contribution is -2.55. The second kappa shape index (κ2) is 7.17.